The van der Waals surface area contributed by atoms with Crippen LogP contribution in [0.3, 0.4) is 0 Å². The highest BCUT2D eigenvalue weighted by molar-refractivity contribution is 6.27. The Bertz CT molecular complexity index is 784. The molecule has 0 aromatic heterocycles. The molecule has 6 heteroatoms. The second-order valence-electron chi connectivity index (χ2n) is 7.88. The lowest BCUT2D eigenvalue weighted by atomic mass is 9.78. The molecular formula is C24H31NO5. The fourth-order valence-corrected chi connectivity index (χ4v) is 3.47. The van der Waals surface area contributed by atoms with Gasteiger partial charge in [-0.2, -0.15) is 0 Å². The maximum absolute atomic E-state index is 9.10. The molecule has 30 heavy (non-hydrogen) atoms. The molecule has 1 saturated heterocycles. The van der Waals surface area contributed by atoms with Gasteiger partial charge in [0.2, 0.25) is 0 Å². The minimum absolute atomic E-state index is 0.00947. The summed E-state index contributed by atoms with van der Waals surface area (Å²) in [6.45, 7) is 9.05. The monoisotopic (exact) mass is 413 g/mol. The molecular weight excluding hydrogens is 382 g/mol. The fraction of sp³-hybridized carbons (Fsp3) is 0.417. The van der Waals surface area contributed by atoms with Gasteiger partial charge in [0.25, 0.3) is 0 Å². The quantitative estimate of drug-likeness (QED) is 0.526. The molecule has 0 saturated carbocycles. The number of benzene rings is 2. The van der Waals surface area contributed by atoms with E-state index in [0.29, 0.717) is 0 Å². The first-order valence-electron chi connectivity index (χ1n) is 10.3. The van der Waals surface area contributed by atoms with Crippen molar-refractivity contribution in [1.29, 1.82) is 0 Å². The summed E-state index contributed by atoms with van der Waals surface area (Å²) in [5, 5.41) is 14.8. The van der Waals surface area contributed by atoms with Gasteiger partial charge in [-0.25, -0.2) is 9.59 Å². The number of ether oxygens (including phenoxy) is 1. The molecule has 0 bridgehead atoms. The van der Waals surface area contributed by atoms with Gasteiger partial charge in [0, 0.05) is 12.0 Å². The smallest absolute Gasteiger partial charge is 0.414 e. The molecule has 3 rings (SSSR count). The summed E-state index contributed by atoms with van der Waals surface area (Å²) in [4.78, 5) is 20.7. The third-order valence-electron chi connectivity index (χ3n) is 5.34. The van der Waals surface area contributed by atoms with Crippen LogP contribution in [0.2, 0.25) is 0 Å². The average Bonchev–Trinajstić information content (AvgIpc) is 3.26. The van der Waals surface area contributed by atoms with Crippen molar-refractivity contribution in [1.82, 2.24) is 4.90 Å². The lowest BCUT2D eigenvalue weighted by Gasteiger charge is -2.26. The summed E-state index contributed by atoms with van der Waals surface area (Å²) in [6.07, 6.45) is 3.83. The van der Waals surface area contributed by atoms with E-state index in [4.69, 9.17) is 24.5 Å². The standard InChI is InChI=1S/C22H29NO.C2H2O4/c1-22(2,19-9-4-3-5-10-19)20-11-13-21(14-12-20)24-18-8-17-23-15-6-7-16-23;3-1(4)2(5)6/h3-5,9-14H,6-8,15-18H2,1-2H3;(H,3,4)(H,5,6). The van der Waals surface area contributed by atoms with Crippen LogP contribution in [0.1, 0.15) is 44.2 Å². The van der Waals surface area contributed by atoms with Crippen LogP contribution < -0.4 is 4.74 Å². The van der Waals surface area contributed by atoms with Crippen LogP contribution in [-0.4, -0.2) is 53.3 Å². The Hall–Kier alpha value is -2.86. The van der Waals surface area contributed by atoms with Crippen LogP contribution in [0.25, 0.3) is 0 Å². The van der Waals surface area contributed by atoms with Crippen LogP contribution in [0.15, 0.2) is 54.6 Å². The van der Waals surface area contributed by atoms with Gasteiger partial charge in [0.1, 0.15) is 5.75 Å². The van der Waals surface area contributed by atoms with Crippen LogP contribution in [-0.2, 0) is 15.0 Å². The number of carbonyl (C=O) groups is 2. The van der Waals surface area contributed by atoms with Gasteiger partial charge < -0.3 is 19.8 Å². The molecule has 2 aromatic rings. The van der Waals surface area contributed by atoms with E-state index in [-0.39, 0.29) is 5.41 Å². The molecule has 1 aliphatic rings. The third-order valence-corrected chi connectivity index (χ3v) is 5.34. The second-order valence-corrected chi connectivity index (χ2v) is 7.88. The molecule has 162 valence electrons. The van der Waals surface area contributed by atoms with E-state index < -0.39 is 11.9 Å². The number of hydrogen-bond donors (Lipinski definition) is 2. The molecule has 0 amide bonds. The van der Waals surface area contributed by atoms with Gasteiger partial charge in [-0.3, -0.25) is 0 Å². The van der Waals surface area contributed by atoms with E-state index in [2.05, 4.69) is 73.3 Å². The lowest BCUT2D eigenvalue weighted by molar-refractivity contribution is -0.159. The van der Waals surface area contributed by atoms with Crippen LogP contribution in [0.4, 0.5) is 0 Å². The number of nitrogens with zero attached hydrogens (tertiary/aromatic N) is 1. The van der Waals surface area contributed by atoms with Gasteiger partial charge in [-0.1, -0.05) is 56.3 Å². The highest BCUT2D eigenvalue weighted by Gasteiger charge is 2.22. The highest BCUT2D eigenvalue weighted by Crippen LogP contribution is 2.32. The maximum atomic E-state index is 9.10. The Morgan fingerprint density at radius 3 is 1.97 bits per heavy atom. The summed E-state index contributed by atoms with van der Waals surface area (Å²) in [7, 11) is 0. The van der Waals surface area contributed by atoms with Gasteiger partial charge in [0.05, 0.1) is 6.61 Å². The Balaban J connectivity index is 0.000000469. The van der Waals surface area contributed by atoms with Crippen molar-refractivity contribution < 1.29 is 24.5 Å². The molecule has 0 radical (unpaired) electrons. The molecule has 1 fully saturated rings. The number of carboxylic acids is 2. The zero-order chi connectivity index (χ0) is 22.0. The number of rotatable bonds is 7. The fourth-order valence-electron chi connectivity index (χ4n) is 3.47. The second kappa shape index (κ2) is 11.4. The summed E-state index contributed by atoms with van der Waals surface area (Å²) < 4.78 is 5.91. The van der Waals surface area contributed by atoms with Crippen molar-refractivity contribution in [3.8, 4) is 5.75 Å². The number of hydrogen-bond acceptors (Lipinski definition) is 4. The number of carboxylic acid groups (broad SMARTS) is 2. The van der Waals surface area contributed by atoms with Crippen molar-refractivity contribution in [2.75, 3.05) is 26.2 Å². The summed E-state index contributed by atoms with van der Waals surface area (Å²) >= 11 is 0. The van der Waals surface area contributed by atoms with E-state index in [1.807, 2.05) is 0 Å². The van der Waals surface area contributed by atoms with Gasteiger partial charge in [0.15, 0.2) is 0 Å². The predicted molar refractivity (Wildman–Crippen MR) is 116 cm³/mol. The minimum atomic E-state index is -1.82. The van der Waals surface area contributed by atoms with E-state index in [9.17, 15) is 0 Å². The molecule has 2 aromatic carbocycles. The molecule has 1 heterocycles. The largest absolute Gasteiger partial charge is 0.494 e. The van der Waals surface area contributed by atoms with Crippen LogP contribution >= 0.6 is 0 Å². The Labute approximate surface area is 178 Å². The van der Waals surface area contributed by atoms with Gasteiger partial charge >= 0.3 is 11.9 Å². The van der Waals surface area contributed by atoms with Crippen LogP contribution in [0.5, 0.6) is 5.75 Å². The normalized spacial score (nSPS) is 13.9. The van der Waals surface area contributed by atoms with E-state index >= 15 is 0 Å². The van der Waals surface area contributed by atoms with Gasteiger partial charge in [-0.05, 0) is 55.6 Å². The zero-order valence-corrected chi connectivity index (χ0v) is 17.7. The first-order chi connectivity index (χ1) is 14.3. The minimum Gasteiger partial charge on any atom is -0.494 e. The first kappa shape index (κ1) is 23.4. The maximum Gasteiger partial charge on any atom is 0.414 e. The summed E-state index contributed by atoms with van der Waals surface area (Å²) in [5.74, 6) is -2.67. The summed E-state index contributed by atoms with van der Waals surface area (Å²) in [6, 6.07) is 19.3. The summed E-state index contributed by atoms with van der Waals surface area (Å²) in [5.41, 5.74) is 2.66. The molecule has 0 aliphatic carbocycles. The third kappa shape index (κ3) is 7.19. The van der Waals surface area contributed by atoms with Gasteiger partial charge in [-0.15, -0.1) is 0 Å². The average molecular weight is 414 g/mol. The van der Waals surface area contributed by atoms with Crippen molar-refractivity contribution in [3.63, 3.8) is 0 Å². The lowest BCUT2D eigenvalue weighted by Crippen LogP contribution is -2.22. The molecule has 0 unspecified atom stereocenters. The SMILES string of the molecule is CC(C)(c1ccccc1)c1ccc(OCCCN2CCCC2)cc1.O=C(O)C(=O)O. The number of likely N-dealkylation sites (tertiary alicyclic amines) is 1. The molecule has 6 nitrogen and oxygen atoms in total. The first-order valence-corrected chi connectivity index (χ1v) is 10.3. The Morgan fingerprint density at radius 2 is 1.43 bits per heavy atom. The van der Waals surface area contributed by atoms with Crippen molar-refractivity contribution in [2.24, 2.45) is 0 Å². The Morgan fingerprint density at radius 1 is 0.900 bits per heavy atom. The van der Waals surface area contributed by atoms with E-state index in [0.717, 1.165) is 18.8 Å². The van der Waals surface area contributed by atoms with Crippen LogP contribution in [0, 0.1) is 0 Å². The van der Waals surface area contributed by atoms with Crippen molar-refractivity contribution in [2.45, 2.75) is 38.5 Å². The molecule has 1 aliphatic heterocycles. The molecule has 0 atom stereocenters. The van der Waals surface area contributed by atoms with E-state index in [1.54, 1.807) is 0 Å². The van der Waals surface area contributed by atoms with Crippen molar-refractivity contribution >= 4 is 11.9 Å². The molecule has 2 N–H and O–H groups in total. The number of aliphatic carboxylic acids is 2. The predicted octanol–water partition coefficient (Wildman–Crippen LogP) is 4.03. The van der Waals surface area contributed by atoms with Crippen molar-refractivity contribution in [3.05, 3.63) is 65.7 Å². The topological polar surface area (TPSA) is 87.1 Å². The zero-order valence-electron chi connectivity index (χ0n) is 17.7. The Kier molecular flexibility index (Phi) is 8.87. The molecule has 0 spiro atoms. The highest BCUT2D eigenvalue weighted by atomic mass is 16.5. The van der Waals surface area contributed by atoms with E-state index in [1.165, 1.54) is 43.6 Å².